The normalized spacial score (nSPS) is 13.1. The Hall–Kier alpha value is -4.28. The molecule has 2 aromatic heterocycles. The molecule has 4 heterocycles. The molecule has 0 saturated heterocycles. The largest absolute Gasteiger partial charge is 0.396 e. The number of aliphatic hydroxyl groups excluding tert-OH is 1. The quantitative estimate of drug-likeness (QED) is 0.155. The van der Waals surface area contributed by atoms with E-state index in [4.69, 9.17) is 5.11 Å². The third-order valence-corrected chi connectivity index (χ3v) is 10.3. The number of para-hydroxylation sites is 2. The number of rotatable bonds is 8. The molecule has 2 aliphatic heterocycles. The summed E-state index contributed by atoms with van der Waals surface area (Å²) in [6.45, 7) is 2.78. The lowest BCUT2D eigenvalue weighted by Gasteiger charge is -2.33. The summed E-state index contributed by atoms with van der Waals surface area (Å²) in [6, 6.07) is 34.8. The van der Waals surface area contributed by atoms with Gasteiger partial charge in [-0.05, 0) is 78.0 Å². The van der Waals surface area contributed by atoms with E-state index in [0.717, 1.165) is 19.3 Å². The standard InChI is InChI=1S/C39H35BN2O/c1-25-19-22-31-39-36(25)29-13-7-8-16-32(29)41(39)33-17-11-18-34-37(33)40(31)30-15-10-14-28-27-21-20-26(24-35(27)42(34)38(28)30)12-6-4-2-3-5-9-23-43/h7-8,10-11,13-22,24,43H,2-6,9,12,23H2,1H3. The molecule has 3 nitrogen and oxygen atoms in total. The number of fused-ring (bicyclic) bond motifs is 10. The molecule has 210 valence electrons. The molecule has 0 saturated carbocycles. The summed E-state index contributed by atoms with van der Waals surface area (Å²) in [7, 11) is 0. The zero-order valence-electron chi connectivity index (χ0n) is 24.7. The summed E-state index contributed by atoms with van der Waals surface area (Å²) >= 11 is 0. The van der Waals surface area contributed by atoms with Gasteiger partial charge in [-0.15, -0.1) is 0 Å². The Morgan fingerprint density at radius 3 is 2.19 bits per heavy atom. The number of unbranched alkanes of at least 4 members (excludes halogenated alkanes) is 5. The van der Waals surface area contributed by atoms with E-state index in [1.54, 1.807) is 0 Å². The van der Waals surface area contributed by atoms with Crippen molar-refractivity contribution in [3.05, 3.63) is 102 Å². The molecule has 9 rings (SSSR count). The summed E-state index contributed by atoms with van der Waals surface area (Å²) < 4.78 is 5.13. The van der Waals surface area contributed by atoms with Crippen LogP contribution in [0.5, 0.6) is 0 Å². The maximum Gasteiger partial charge on any atom is 0.252 e. The Morgan fingerprint density at radius 2 is 1.33 bits per heavy atom. The fourth-order valence-corrected chi connectivity index (χ4v) is 8.40. The number of aliphatic hydroxyl groups is 1. The van der Waals surface area contributed by atoms with Crippen LogP contribution in [0.1, 0.15) is 49.7 Å². The van der Waals surface area contributed by atoms with Gasteiger partial charge >= 0.3 is 0 Å². The second-order valence-electron chi connectivity index (χ2n) is 12.7. The zero-order chi connectivity index (χ0) is 28.7. The van der Waals surface area contributed by atoms with Crippen molar-refractivity contribution in [1.29, 1.82) is 0 Å². The van der Waals surface area contributed by atoms with Crippen LogP contribution in [0.25, 0.3) is 55.0 Å². The zero-order valence-corrected chi connectivity index (χ0v) is 24.7. The van der Waals surface area contributed by atoms with E-state index in [1.807, 2.05) is 0 Å². The number of aryl methyl sites for hydroxylation is 2. The summed E-state index contributed by atoms with van der Waals surface area (Å²) in [4.78, 5) is 0. The predicted octanol–water partition coefficient (Wildman–Crippen LogP) is 7.21. The number of nitrogens with zero attached hydrogens (tertiary/aromatic N) is 2. The Kier molecular flexibility index (Phi) is 5.65. The third kappa shape index (κ3) is 3.47. The van der Waals surface area contributed by atoms with E-state index in [-0.39, 0.29) is 6.71 Å². The molecule has 0 spiro atoms. The molecule has 0 bridgehead atoms. The minimum Gasteiger partial charge on any atom is -0.396 e. The average molecular weight is 559 g/mol. The van der Waals surface area contributed by atoms with Gasteiger partial charge in [0, 0.05) is 50.6 Å². The average Bonchev–Trinajstić information content (AvgIpc) is 3.56. The summed E-state index contributed by atoms with van der Waals surface area (Å²) in [5.41, 5.74) is 15.0. The van der Waals surface area contributed by atoms with Crippen LogP contribution in [-0.2, 0) is 6.42 Å². The molecular formula is C39H35BN2O. The van der Waals surface area contributed by atoms with E-state index in [1.165, 1.54) is 108 Å². The van der Waals surface area contributed by atoms with Crippen molar-refractivity contribution < 1.29 is 5.11 Å². The summed E-state index contributed by atoms with van der Waals surface area (Å²) in [6.07, 6.45) is 8.13. The highest BCUT2D eigenvalue weighted by atomic mass is 16.2. The van der Waals surface area contributed by atoms with Gasteiger partial charge in [-0.3, -0.25) is 0 Å². The van der Waals surface area contributed by atoms with Crippen LogP contribution in [0.2, 0.25) is 0 Å². The summed E-state index contributed by atoms with van der Waals surface area (Å²) in [5.74, 6) is 0. The van der Waals surface area contributed by atoms with Crippen LogP contribution in [-0.4, -0.2) is 27.6 Å². The maximum atomic E-state index is 9.04. The molecule has 1 N–H and O–H groups in total. The second-order valence-corrected chi connectivity index (χ2v) is 12.7. The van der Waals surface area contributed by atoms with Crippen molar-refractivity contribution >= 4 is 66.7 Å². The molecule has 0 atom stereocenters. The van der Waals surface area contributed by atoms with Crippen LogP contribution >= 0.6 is 0 Å². The SMILES string of the molecule is Cc1ccc2c3c1c1ccccc1n3-c1cccc3c1B2c1cccc2c4ccc(CCCCCCCCO)cc4n-3c12. The van der Waals surface area contributed by atoms with Gasteiger partial charge in [0.05, 0.1) is 11.0 Å². The lowest BCUT2D eigenvalue weighted by Crippen LogP contribution is -2.59. The van der Waals surface area contributed by atoms with Gasteiger partial charge in [-0.2, -0.15) is 0 Å². The molecule has 0 aliphatic carbocycles. The van der Waals surface area contributed by atoms with Crippen LogP contribution in [0, 0.1) is 6.92 Å². The molecule has 0 radical (unpaired) electrons. The first-order valence-corrected chi connectivity index (χ1v) is 16.1. The van der Waals surface area contributed by atoms with Gasteiger partial charge in [-0.1, -0.05) is 92.4 Å². The van der Waals surface area contributed by atoms with Crippen molar-refractivity contribution in [2.24, 2.45) is 0 Å². The molecule has 2 aliphatic rings. The second kappa shape index (κ2) is 9.62. The highest BCUT2D eigenvalue weighted by molar-refractivity contribution is 7.00. The van der Waals surface area contributed by atoms with E-state index in [9.17, 15) is 0 Å². The highest BCUT2D eigenvalue weighted by Crippen LogP contribution is 2.39. The van der Waals surface area contributed by atoms with Crippen molar-refractivity contribution in [3.63, 3.8) is 0 Å². The van der Waals surface area contributed by atoms with Crippen LogP contribution in [0.3, 0.4) is 0 Å². The monoisotopic (exact) mass is 558 g/mol. The lowest BCUT2D eigenvalue weighted by atomic mass is 9.34. The van der Waals surface area contributed by atoms with Crippen molar-refractivity contribution in [3.8, 4) is 11.4 Å². The fraction of sp³-hybridized carbons (Fsp3) is 0.231. The first-order chi connectivity index (χ1) is 21.3. The molecule has 43 heavy (non-hydrogen) atoms. The van der Waals surface area contributed by atoms with Crippen molar-refractivity contribution in [2.75, 3.05) is 6.61 Å². The minimum absolute atomic E-state index is 0.205. The van der Waals surface area contributed by atoms with E-state index in [0.29, 0.717) is 6.61 Å². The van der Waals surface area contributed by atoms with E-state index >= 15 is 0 Å². The van der Waals surface area contributed by atoms with Crippen molar-refractivity contribution in [2.45, 2.75) is 51.9 Å². The molecule has 4 heteroatoms. The van der Waals surface area contributed by atoms with E-state index < -0.39 is 0 Å². The summed E-state index contributed by atoms with van der Waals surface area (Å²) in [5, 5.41) is 14.5. The van der Waals surface area contributed by atoms with Crippen molar-refractivity contribution in [1.82, 2.24) is 9.13 Å². The van der Waals surface area contributed by atoms with E-state index in [2.05, 4.69) is 107 Å². The fourth-order valence-electron chi connectivity index (χ4n) is 8.40. The molecule has 7 aromatic rings. The van der Waals surface area contributed by atoms with Crippen LogP contribution in [0.15, 0.2) is 91.0 Å². The number of benzene rings is 5. The Morgan fingerprint density at radius 1 is 0.605 bits per heavy atom. The Bertz CT molecular complexity index is 2240. The van der Waals surface area contributed by atoms with Gasteiger partial charge < -0.3 is 14.2 Å². The first kappa shape index (κ1) is 25.2. The molecule has 0 amide bonds. The first-order valence-electron chi connectivity index (χ1n) is 16.1. The van der Waals surface area contributed by atoms with Gasteiger partial charge in [0.15, 0.2) is 0 Å². The van der Waals surface area contributed by atoms with Gasteiger partial charge in [0.2, 0.25) is 0 Å². The number of hydrogen-bond acceptors (Lipinski definition) is 1. The Labute approximate surface area is 252 Å². The third-order valence-electron chi connectivity index (χ3n) is 10.3. The maximum absolute atomic E-state index is 9.04. The molecule has 0 fully saturated rings. The number of hydrogen-bond donors (Lipinski definition) is 1. The number of aromatic nitrogens is 2. The minimum atomic E-state index is 0.205. The molecule has 5 aromatic carbocycles. The predicted molar refractivity (Wildman–Crippen MR) is 183 cm³/mol. The molecule has 0 unspecified atom stereocenters. The van der Waals surface area contributed by atoms with Gasteiger partial charge in [0.25, 0.3) is 6.71 Å². The Balaban J connectivity index is 1.25. The molecular weight excluding hydrogens is 523 g/mol. The van der Waals surface area contributed by atoms with Gasteiger partial charge in [0.1, 0.15) is 0 Å². The van der Waals surface area contributed by atoms with Crippen LogP contribution in [0.4, 0.5) is 0 Å². The van der Waals surface area contributed by atoms with Gasteiger partial charge in [-0.25, -0.2) is 0 Å². The van der Waals surface area contributed by atoms with Crippen LogP contribution < -0.4 is 16.4 Å². The highest BCUT2D eigenvalue weighted by Gasteiger charge is 2.40. The smallest absolute Gasteiger partial charge is 0.252 e. The topological polar surface area (TPSA) is 30.1 Å². The lowest BCUT2D eigenvalue weighted by molar-refractivity contribution is 0.282.